The molecule has 0 aliphatic carbocycles. The Balaban J connectivity index is 2.46. The van der Waals surface area contributed by atoms with E-state index in [1.807, 2.05) is 6.07 Å². The fraction of sp³-hybridized carbons (Fsp3) is 0.176. The molecule has 0 amide bonds. The summed E-state index contributed by atoms with van der Waals surface area (Å²) in [6.45, 7) is 3.31. The number of nitriles is 1. The highest BCUT2D eigenvalue weighted by Gasteiger charge is 2.24. The van der Waals surface area contributed by atoms with Crippen molar-refractivity contribution in [3.05, 3.63) is 58.2 Å². The molecule has 0 saturated carbocycles. The maximum atomic E-state index is 12.6. The first kappa shape index (κ1) is 16.2. The molecule has 0 fully saturated rings. The summed E-state index contributed by atoms with van der Waals surface area (Å²) in [5.41, 5.74) is 1.93. The molecule has 2 aromatic rings. The van der Waals surface area contributed by atoms with E-state index >= 15 is 0 Å². The quantitative estimate of drug-likeness (QED) is 0.405. The second-order valence-corrected chi connectivity index (χ2v) is 4.87. The van der Waals surface area contributed by atoms with Crippen LogP contribution in [0.4, 0.5) is 0 Å². The first-order valence-corrected chi connectivity index (χ1v) is 6.84. The number of allylic oxidation sites excluding steroid dienone is 1. The van der Waals surface area contributed by atoms with Gasteiger partial charge in [-0.1, -0.05) is 6.07 Å². The first-order valence-electron chi connectivity index (χ1n) is 6.84. The molecule has 116 valence electrons. The van der Waals surface area contributed by atoms with Crippen LogP contribution in [0.3, 0.4) is 0 Å². The zero-order valence-electron chi connectivity index (χ0n) is 13.0. The van der Waals surface area contributed by atoms with E-state index in [1.54, 1.807) is 38.2 Å². The zero-order chi connectivity index (χ0) is 17.0. The number of ether oxygens (including phenoxy) is 1. The lowest BCUT2D eigenvalue weighted by Crippen LogP contribution is -2.06. The van der Waals surface area contributed by atoms with Crippen molar-refractivity contribution in [1.82, 2.24) is 9.97 Å². The number of methoxy groups -OCH3 is 1. The van der Waals surface area contributed by atoms with E-state index in [0.717, 1.165) is 0 Å². The molecule has 0 aromatic carbocycles. The van der Waals surface area contributed by atoms with Gasteiger partial charge in [-0.2, -0.15) is 5.26 Å². The Kier molecular flexibility index (Phi) is 4.72. The molecule has 0 aliphatic heterocycles. The average molecular weight is 309 g/mol. The van der Waals surface area contributed by atoms with Crippen LogP contribution in [0, 0.1) is 25.2 Å². The van der Waals surface area contributed by atoms with Gasteiger partial charge >= 0.3 is 5.97 Å². The molecule has 0 aliphatic rings. The zero-order valence-corrected chi connectivity index (χ0v) is 13.0. The summed E-state index contributed by atoms with van der Waals surface area (Å²) in [7, 11) is 1.28. The van der Waals surface area contributed by atoms with Crippen LogP contribution in [-0.2, 0) is 4.74 Å². The Bertz CT molecular complexity index is 827. The Morgan fingerprint density at radius 2 is 2.09 bits per heavy atom. The van der Waals surface area contributed by atoms with Gasteiger partial charge in [0.15, 0.2) is 0 Å². The van der Waals surface area contributed by atoms with Crippen LogP contribution >= 0.6 is 0 Å². The van der Waals surface area contributed by atoms with Gasteiger partial charge in [-0.25, -0.2) is 4.79 Å². The van der Waals surface area contributed by atoms with Crippen LogP contribution in [-0.4, -0.2) is 28.8 Å². The van der Waals surface area contributed by atoms with Crippen molar-refractivity contribution in [1.29, 1.82) is 5.26 Å². The SMILES string of the molecule is COC(=O)c1c(C)[nH]c(C(=O)C(C#N)=Cc2ccccn2)c1C. The van der Waals surface area contributed by atoms with Crippen molar-refractivity contribution >= 4 is 17.8 Å². The lowest BCUT2D eigenvalue weighted by Gasteiger charge is -2.01. The summed E-state index contributed by atoms with van der Waals surface area (Å²) in [4.78, 5) is 31.3. The standard InChI is InChI=1S/C17H15N3O3/c1-10-14(17(22)23-3)11(2)20-15(10)16(21)12(9-18)8-13-6-4-5-7-19-13/h4-8,20H,1-3H3. The van der Waals surface area contributed by atoms with E-state index < -0.39 is 11.8 Å². The molecule has 6 nitrogen and oxygen atoms in total. The Morgan fingerprint density at radius 3 is 2.65 bits per heavy atom. The molecule has 6 heteroatoms. The number of aromatic nitrogens is 2. The van der Waals surface area contributed by atoms with Gasteiger partial charge in [-0.15, -0.1) is 0 Å². The first-order chi connectivity index (χ1) is 11.0. The van der Waals surface area contributed by atoms with Gasteiger partial charge in [0.2, 0.25) is 5.78 Å². The second-order valence-electron chi connectivity index (χ2n) is 4.87. The third kappa shape index (κ3) is 3.19. The van der Waals surface area contributed by atoms with Crippen molar-refractivity contribution < 1.29 is 14.3 Å². The van der Waals surface area contributed by atoms with Crippen molar-refractivity contribution in [3.63, 3.8) is 0 Å². The van der Waals surface area contributed by atoms with Gasteiger partial charge in [0.05, 0.1) is 24.1 Å². The summed E-state index contributed by atoms with van der Waals surface area (Å²) in [5, 5.41) is 9.27. The third-order valence-corrected chi connectivity index (χ3v) is 3.40. The maximum absolute atomic E-state index is 12.6. The number of ketones is 1. The summed E-state index contributed by atoms with van der Waals surface area (Å²) >= 11 is 0. The normalized spacial score (nSPS) is 11.0. The number of rotatable bonds is 4. The number of carbonyl (C=O) groups is 2. The highest BCUT2D eigenvalue weighted by molar-refractivity contribution is 6.15. The fourth-order valence-corrected chi connectivity index (χ4v) is 2.28. The molecule has 1 N–H and O–H groups in total. The summed E-state index contributed by atoms with van der Waals surface area (Å²) in [6, 6.07) is 7.08. The fourth-order valence-electron chi connectivity index (χ4n) is 2.28. The van der Waals surface area contributed by atoms with Crippen molar-refractivity contribution in [2.75, 3.05) is 7.11 Å². The van der Waals surface area contributed by atoms with Crippen molar-refractivity contribution in [2.45, 2.75) is 13.8 Å². The number of nitrogens with one attached hydrogen (secondary N) is 1. The highest BCUT2D eigenvalue weighted by Crippen LogP contribution is 2.21. The van der Waals surface area contributed by atoms with E-state index in [9.17, 15) is 14.9 Å². The predicted octanol–water partition coefficient (Wildman–Crippen LogP) is 2.60. The van der Waals surface area contributed by atoms with Gasteiger partial charge < -0.3 is 9.72 Å². The number of aryl methyl sites for hydroxylation is 1. The van der Waals surface area contributed by atoms with E-state index in [-0.39, 0.29) is 11.3 Å². The van der Waals surface area contributed by atoms with Crippen LogP contribution in [0.15, 0.2) is 30.0 Å². The largest absolute Gasteiger partial charge is 0.465 e. The lowest BCUT2D eigenvalue weighted by molar-refractivity contribution is 0.0599. The van der Waals surface area contributed by atoms with E-state index in [2.05, 4.69) is 9.97 Å². The van der Waals surface area contributed by atoms with Crippen LogP contribution in [0.2, 0.25) is 0 Å². The minimum absolute atomic E-state index is 0.0653. The number of aromatic amines is 1. The number of hydrogen-bond acceptors (Lipinski definition) is 5. The number of hydrogen-bond donors (Lipinski definition) is 1. The number of esters is 1. The number of carbonyl (C=O) groups excluding carboxylic acids is 2. The molecule has 2 rings (SSSR count). The molecule has 2 aromatic heterocycles. The van der Waals surface area contributed by atoms with Crippen molar-refractivity contribution in [3.8, 4) is 6.07 Å². The summed E-state index contributed by atoms with van der Waals surface area (Å²) in [6.07, 6.45) is 2.99. The molecule has 0 radical (unpaired) electrons. The molecule has 2 heterocycles. The smallest absolute Gasteiger partial charge is 0.339 e. The van der Waals surface area contributed by atoms with Crippen molar-refractivity contribution in [2.24, 2.45) is 0 Å². The minimum atomic E-state index is -0.525. The Labute approximate surface area is 133 Å². The maximum Gasteiger partial charge on any atom is 0.339 e. The van der Waals surface area contributed by atoms with Crippen LogP contribution < -0.4 is 0 Å². The summed E-state index contributed by atoms with van der Waals surface area (Å²) in [5.74, 6) is -1.02. The molecule has 0 atom stereocenters. The predicted molar refractivity (Wildman–Crippen MR) is 83.8 cm³/mol. The van der Waals surface area contributed by atoms with Gasteiger partial charge in [0, 0.05) is 11.9 Å². The minimum Gasteiger partial charge on any atom is -0.465 e. The molecule has 23 heavy (non-hydrogen) atoms. The van der Waals surface area contributed by atoms with Gasteiger partial charge in [-0.3, -0.25) is 9.78 Å². The van der Waals surface area contributed by atoms with Crippen LogP contribution in [0.25, 0.3) is 6.08 Å². The Morgan fingerprint density at radius 1 is 1.35 bits per heavy atom. The van der Waals surface area contributed by atoms with Crippen LogP contribution in [0.5, 0.6) is 0 Å². The van der Waals surface area contributed by atoms with Crippen LogP contribution in [0.1, 0.15) is 37.8 Å². The second kappa shape index (κ2) is 6.71. The van der Waals surface area contributed by atoms with Gasteiger partial charge in [-0.05, 0) is 37.6 Å². The topological polar surface area (TPSA) is 95.8 Å². The van der Waals surface area contributed by atoms with Gasteiger partial charge in [0.25, 0.3) is 0 Å². The number of Topliss-reactive ketones (excluding diaryl/α,β-unsaturated/α-hetero) is 1. The average Bonchev–Trinajstić information content (AvgIpc) is 2.87. The van der Waals surface area contributed by atoms with E-state index in [4.69, 9.17) is 4.74 Å². The monoisotopic (exact) mass is 309 g/mol. The molecular formula is C17H15N3O3. The van der Waals surface area contributed by atoms with E-state index in [1.165, 1.54) is 13.2 Å². The number of pyridine rings is 1. The Hall–Kier alpha value is -3.20. The molecule has 0 bridgehead atoms. The molecule has 0 spiro atoms. The summed E-state index contributed by atoms with van der Waals surface area (Å²) < 4.78 is 4.71. The lowest BCUT2D eigenvalue weighted by atomic mass is 10.0. The highest BCUT2D eigenvalue weighted by atomic mass is 16.5. The number of nitrogens with zero attached hydrogens (tertiary/aromatic N) is 2. The van der Waals surface area contributed by atoms with E-state index in [0.29, 0.717) is 22.5 Å². The number of H-pyrrole nitrogens is 1. The molecular weight excluding hydrogens is 294 g/mol. The van der Waals surface area contributed by atoms with Gasteiger partial charge in [0.1, 0.15) is 11.6 Å². The molecule has 0 unspecified atom stereocenters. The third-order valence-electron chi connectivity index (χ3n) is 3.40. The molecule has 0 saturated heterocycles.